The number of aromatic hydroxyl groups is 1. The van der Waals surface area contributed by atoms with E-state index >= 15 is 0 Å². The van der Waals surface area contributed by atoms with Gasteiger partial charge in [-0.1, -0.05) is 6.07 Å². The van der Waals surface area contributed by atoms with Gasteiger partial charge in [0.05, 0.1) is 23.9 Å². The average molecular weight is 432 g/mol. The molecule has 3 N–H and O–H groups in total. The maximum atomic E-state index is 12.8. The highest BCUT2D eigenvalue weighted by atomic mass is 32.2. The molecule has 10 heteroatoms. The van der Waals surface area contributed by atoms with E-state index in [1.165, 1.54) is 35.0 Å². The lowest BCUT2D eigenvalue weighted by atomic mass is 10.1. The van der Waals surface area contributed by atoms with E-state index in [0.29, 0.717) is 11.2 Å². The lowest BCUT2D eigenvalue weighted by Crippen LogP contribution is -2.23. The van der Waals surface area contributed by atoms with Gasteiger partial charge < -0.3 is 10.8 Å². The van der Waals surface area contributed by atoms with Crippen LogP contribution in [-0.2, 0) is 6.54 Å². The monoisotopic (exact) mass is 432 g/mol. The van der Waals surface area contributed by atoms with Gasteiger partial charge in [0.1, 0.15) is 0 Å². The van der Waals surface area contributed by atoms with Crippen LogP contribution in [0.1, 0.15) is 5.56 Å². The number of nitrogens with two attached hydrogens (primary N) is 1. The highest BCUT2D eigenvalue weighted by molar-refractivity contribution is 8.00. The molecule has 0 aliphatic carbocycles. The van der Waals surface area contributed by atoms with Gasteiger partial charge in [-0.25, -0.2) is 9.36 Å². The molecule has 2 heterocycles. The predicted molar refractivity (Wildman–Crippen MR) is 109 cm³/mol. The number of thioether (sulfide) groups is 1. The molecular formula is C20H15F3N4O2S. The first-order valence-corrected chi connectivity index (χ1v) is 9.53. The van der Waals surface area contributed by atoms with Crippen LogP contribution in [0.4, 0.5) is 18.9 Å². The Morgan fingerprint density at radius 2 is 1.83 bits per heavy atom. The van der Waals surface area contributed by atoms with Gasteiger partial charge in [0.2, 0.25) is 5.88 Å². The molecule has 0 bridgehead atoms. The summed E-state index contributed by atoms with van der Waals surface area (Å²) in [6, 6.07) is 12.2. The van der Waals surface area contributed by atoms with Gasteiger partial charge in [-0.15, -0.1) is 0 Å². The smallest absolute Gasteiger partial charge is 0.446 e. The number of alkyl halides is 3. The largest absolute Gasteiger partial charge is 0.493 e. The van der Waals surface area contributed by atoms with Crippen molar-refractivity contribution >= 4 is 28.4 Å². The van der Waals surface area contributed by atoms with Crippen molar-refractivity contribution in [3.8, 4) is 11.6 Å². The van der Waals surface area contributed by atoms with Crippen molar-refractivity contribution in [2.45, 2.75) is 16.9 Å². The molecule has 0 atom stereocenters. The summed E-state index contributed by atoms with van der Waals surface area (Å²) in [6.07, 6.45) is 2.89. The quantitative estimate of drug-likeness (QED) is 0.374. The molecule has 2 aromatic heterocycles. The Labute approximate surface area is 172 Å². The molecule has 0 aliphatic rings. The number of benzene rings is 2. The topological polar surface area (TPSA) is 86.1 Å². The van der Waals surface area contributed by atoms with Crippen molar-refractivity contribution in [1.82, 2.24) is 14.1 Å². The summed E-state index contributed by atoms with van der Waals surface area (Å²) in [6.45, 7) is 0.171. The molecule has 0 unspecified atom stereocenters. The van der Waals surface area contributed by atoms with Crippen LogP contribution in [0, 0.1) is 0 Å². The van der Waals surface area contributed by atoms with Crippen molar-refractivity contribution in [3.05, 3.63) is 77.0 Å². The Morgan fingerprint density at radius 3 is 2.53 bits per heavy atom. The number of imidazole rings is 1. The first-order chi connectivity index (χ1) is 14.2. The maximum Gasteiger partial charge on any atom is 0.446 e. The van der Waals surface area contributed by atoms with E-state index in [-0.39, 0.29) is 34.8 Å². The van der Waals surface area contributed by atoms with E-state index in [0.717, 1.165) is 15.5 Å². The van der Waals surface area contributed by atoms with Crippen LogP contribution >= 0.6 is 11.8 Å². The van der Waals surface area contributed by atoms with Crippen molar-refractivity contribution in [3.63, 3.8) is 0 Å². The van der Waals surface area contributed by atoms with Crippen LogP contribution in [0.3, 0.4) is 0 Å². The predicted octanol–water partition coefficient (Wildman–Crippen LogP) is 4.14. The molecule has 0 radical (unpaired) electrons. The Hall–Kier alpha value is -3.40. The number of fused-ring (bicyclic) bond motifs is 1. The second-order valence-electron chi connectivity index (χ2n) is 6.52. The van der Waals surface area contributed by atoms with Crippen LogP contribution < -0.4 is 11.4 Å². The minimum absolute atomic E-state index is 0.0132. The van der Waals surface area contributed by atoms with Gasteiger partial charge in [0, 0.05) is 22.2 Å². The molecule has 0 saturated carbocycles. The number of nitrogen functional groups attached to an aromatic ring is 1. The summed E-state index contributed by atoms with van der Waals surface area (Å²) >= 11 is -0.248. The highest BCUT2D eigenvalue weighted by Gasteiger charge is 2.29. The molecule has 4 rings (SSSR count). The second kappa shape index (κ2) is 7.45. The molecule has 0 aliphatic heterocycles. The summed E-state index contributed by atoms with van der Waals surface area (Å²) in [7, 11) is 0. The third kappa shape index (κ3) is 3.99. The summed E-state index contributed by atoms with van der Waals surface area (Å²) in [4.78, 5) is 17.1. The van der Waals surface area contributed by atoms with Crippen LogP contribution in [0.15, 0.2) is 70.6 Å². The molecule has 0 saturated heterocycles. The summed E-state index contributed by atoms with van der Waals surface area (Å²) in [5.74, 6) is -0.321. The van der Waals surface area contributed by atoms with Crippen molar-refractivity contribution in [2.75, 3.05) is 5.73 Å². The molecule has 30 heavy (non-hydrogen) atoms. The zero-order valence-electron chi connectivity index (χ0n) is 15.3. The molecule has 0 amide bonds. The van der Waals surface area contributed by atoms with E-state index in [4.69, 9.17) is 5.73 Å². The number of pyridine rings is 1. The lowest BCUT2D eigenvalue weighted by Gasteiger charge is -2.08. The molecule has 0 fully saturated rings. The molecule has 2 aromatic carbocycles. The SMILES string of the molecule is Nc1ccc2c(Cn3cc(O)n(-c4ccc(SC(F)(F)F)cc4)c3=O)ccnc2c1. The van der Waals surface area contributed by atoms with Gasteiger partial charge in [-0.05, 0) is 59.8 Å². The average Bonchev–Trinajstić information content (AvgIpc) is 2.94. The first-order valence-electron chi connectivity index (χ1n) is 8.72. The molecule has 0 spiro atoms. The summed E-state index contributed by atoms with van der Waals surface area (Å²) < 4.78 is 39.8. The van der Waals surface area contributed by atoms with Crippen molar-refractivity contribution < 1.29 is 18.3 Å². The molecule has 4 aromatic rings. The number of hydrogen-bond acceptors (Lipinski definition) is 5. The van der Waals surface area contributed by atoms with Crippen LogP contribution in [0.25, 0.3) is 16.6 Å². The Kier molecular flexibility index (Phi) is 4.94. The van der Waals surface area contributed by atoms with E-state index < -0.39 is 11.2 Å². The fourth-order valence-corrected chi connectivity index (χ4v) is 3.72. The van der Waals surface area contributed by atoms with Gasteiger partial charge in [-0.2, -0.15) is 13.2 Å². The van der Waals surface area contributed by atoms with Crippen molar-refractivity contribution in [1.29, 1.82) is 0 Å². The maximum absolute atomic E-state index is 12.8. The minimum Gasteiger partial charge on any atom is -0.493 e. The number of halogens is 3. The van der Waals surface area contributed by atoms with Gasteiger partial charge in [0.15, 0.2) is 0 Å². The molecular weight excluding hydrogens is 417 g/mol. The standard InChI is InChI=1S/C20H15F3N4O2S/c21-20(22,23)30-15-4-2-14(3-5-15)27-18(28)11-26(19(27)29)10-12-7-8-25-17-9-13(24)1-6-16(12)17/h1-9,11,28H,10,24H2. The number of nitrogens with zero attached hydrogens (tertiary/aromatic N) is 3. The van der Waals surface area contributed by atoms with Crippen LogP contribution in [0.5, 0.6) is 5.88 Å². The van der Waals surface area contributed by atoms with E-state index in [9.17, 15) is 23.1 Å². The van der Waals surface area contributed by atoms with Crippen LogP contribution in [0.2, 0.25) is 0 Å². The normalized spacial score (nSPS) is 11.8. The Balaban J connectivity index is 1.67. The zero-order valence-corrected chi connectivity index (χ0v) is 16.1. The molecule has 6 nitrogen and oxygen atoms in total. The fraction of sp³-hybridized carbons (Fsp3) is 0.100. The Morgan fingerprint density at radius 1 is 1.10 bits per heavy atom. The van der Waals surface area contributed by atoms with Gasteiger partial charge in [0.25, 0.3) is 0 Å². The van der Waals surface area contributed by atoms with E-state index in [1.807, 2.05) is 6.07 Å². The van der Waals surface area contributed by atoms with Crippen LogP contribution in [-0.4, -0.2) is 24.7 Å². The third-order valence-electron chi connectivity index (χ3n) is 4.46. The number of hydrogen-bond donors (Lipinski definition) is 2. The summed E-state index contributed by atoms with van der Waals surface area (Å²) in [5.41, 5.74) is 3.18. The minimum atomic E-state index is -4.40. The number of aromatic nitrogens is 3. The number of rotatable bonds is 4. The van der Waals surface area contributed by atoms with E-state index in [1.54, 1.807) is 24.4 Å². The Bertz CT molecular complexity index is 1280. The fourth-order valence-electron chi connectivity index (χ4n) is 3.18. The highest BCUT2D eigenvalue weighted by Crippen LogP contribution is 2.37. The number of anilines is 1. The third-order valence-corrected chi connectivity index (χ3v) is 5.20. The molecule has 154 valence electrons. The van der Waals surface area contributed by atoms with E-state index in [2.05, 4.69) is 4.98 Å². The second-order valence-corrected chi connectivity index (χ2v) is 7.66. The lowest BCUT2D eigenvalue weighted by molar-refractivity contribution is -0.0328. The first kappa shape index (κ1) is 19.9. The van der Waals surface area contributed by atoms with Gasteiger partial charge in [-0.3, -0.25) is 9.55 Å². The van der Waals surface area contributed by atoms with Crippen molar-refractivity contribution in [2.24, 2.45) is 0 Å². The summed E-state index contributed by atoms with van der Waals surface area (Å²) in [5, 5.41) is 11.1. The van der Waals surface area contributed by atoms with Gasteiger partial charge >= 0.3 is 11.2 Å². The zero-order chi connectivity index (χ0) is 21.5.